The third-order valence-corrected chi connectivity index (χ3v) is 3.87. The summed E-state index contributed by atoms with van der Waals surface area (Å²) in [5.41, 5.74) is 0. The van der Waals surface area contributed by atoms with Gasteiger partial charge in [0.1, 0.15) is 0 Å². The van der Waals surface area contributed by atoms with E-state index in [-0.39, 0.29) is 0 Å². The Bertz CT molecular complexity index is 259. The van der Waals surface area contributed by atoms with Crippen LogP contribution in [0, 0.1) is 0 Å². The van der Waals surface area contributed by atoms with E-state index in [2.05, 4.69) is 20.1 Å². The Morgan fingerprint density at radius 2 is 1.92 bits per heavy atom. The van der Waals surface area contributed by atoms with Gasteiger partial charge < -0.3 is 9.79 Å². The van der Waals surface area contributed by atoms with Crippen LogP contribution in [0.4, 0.5) is 0 Å². The van der Waals surface area contributed by atoms with Gasteiger partial charge in [0, 0.05) is 0 Å². The lowest BCUT2D eigenvalue weighted by atomic mass is 11.8. The smallest absolute Gasteiger partial charge is 0.326 e. The minimum atomic E-state index is -4.74. The van der Waals surface area contributed by atoms with Crippen molar-refractivity contribution in [3.05, 3.63) is 0 Å². The molecule has 2 N–H and O–H groups in total. The molecule has 0 aliphatic rings. The first kappa shape index (κ1) is 12.2. The van der Waals surface area contributed by atoms with Gasteiger partial charge in [0.25, 0.3) is 0 Å². The molecular weight excluding hydrogens is 231 g/mol. The van der Waals surface area contributed by atoms with Gasteiger partial charge in [-0.15, -0.1) is 0 Å². The van der Waals surface area contributed by atoms with E-state index in [1.165, 1.54) is 0 Å². The summed E-state index contributed by atoms with van der Waals surface area (Å²) in [5.74, 6) is 0. The van der Waals surface area contributed by atoms with Gasteiger partial charge in [-0.05, 0) is 6.72 Å². The van der Waals surface area contributed by atoms with E-state index in [4.69, 9.17) is 9.79 Å². The predicted molar refractivity (Wildman–Crippen MR) is 41.8 cm³/mol. The number of phosphoric acid groups is 1. The van der Waals surface area contributed by atoms with Gasteiger partial charge in [-0.3, -0.25) is 9.13 Å². The van der Waals surface area contributed by atoms with Gasteiger partial charge in [-0.25, -0.2) is 17.9 Å². The molecule has 0 radical (unpaired) electrons. The summed E-state index contributed by atoms with van der Waals surface area (Å²) in [6.45, 7) is 2.76. The highest BCUT2D eigenvalue weighted by Crippen LogP contribution is 2.56. The molecule has 72 valence electrons. The normalized spacial score (nSPS) is 20.8. The van der Waals surface area contributed by atoms with Crippen LogP contribution in [0.5, 0.6) is 0 Å². The summed E-state index contributed by atoms with van der Waals surface area (Å²) in [5, 5.41) is 0. The van der Waals surface area contributed by atoms with Crippen LogP contribution in [-0.2, 0) is 22.3 Å². The zero-order valence-corrected chi connectivity index (χ0v) is 8.43. The third kappa shape index (κ3) is 5.80. The monoisotopic (exact) mass is 237 g/mol. The molecule has 8 nitrogen and oxygen atoms in total. The molecule has 0 saturated carbocycles. The van der Waals surface area contributed by atoms with Crippen LogP contribution in [0.3, 0.4) is 0 Å². The largest absolute Gasteiger partial charge is 0.486 e. The topological polar surface area (TPSA) is 122 Å². The van der Waals surface area contributed by atoms with Crippen molar-refractivity contribution in [3.63, 3.8) is 0 Å². The fraction of sp³-hybridized carbons (Fsp3) is 0. The Labute approximate surface area is 68.7 Å². The molecule has 0 aromatic rings. The molecule has 3 unspecified atom stereocenters. The molecule has 0 fully saturated rings. The molecule has 0 rings (SSSR count). The SMILES string of the molecule is C=N[PH](=O)OP(=O)(O)O[PH](=O)O. The van der Waals surface area contributed by atoms with Crippen molar-refractivity contribution in [2.45, 2.75) is 0 Å². The lowest BCUT2D eigenvalue weighted by Gasteiger charge is -2.06. The second kappa shape index (κ2) is 5.04. The molecule has 0 aliphatic heterocycles. The summed E-state index contributed by atoms with van der Waals surface area (Å²) in [6, 6.07) is 0. The minimum absolute atomic E-state index is 2.76. The van der Waals surface area contributed by atoms with E-state index in [0.717, 1.165) is 0 Å². The van der Waals surface area contributed by atoms with Crippen LogP contribution in [0.2, 0.25) is 0 Å². The molecular formula is CH6NO7P3. The van der Waals surface area contributed by atoms with Crippen LogP contribution < -0.4 is 0 Å². The molecule has 0 bridgehead atoms. The Balaban J connectivity index is 4.22. The van der Waals surface area contributed by atoms with E-state index in [1.54, 1.807) is 0 Å². The van der Waals surface area contributed by atoms with E-state index >= 15 is 0 Å². The highest BCUT2D eigenvalue weighted by molar-refractivity contribution is 7.61. The van der Waals surface area contributed by atoms with Gasteiger partial charge in [0.05, 0.1) is 0 Å². The fourth-order valence-electron chi connectivity index (χ4n) is 0.245. The molecule has 0 amide bonds. The second-order valence-corrected chi connectivity index (χ2v) is 5.12. The average molecular weight is 237 g/mol. The highest BCUT2D eigenvalue weighted by Gasteiger charge is 2.26. The molecule has 0 aromatic carbocycles. The van der Waals surface area contributed by atoms with E-state index in [9.17, 15) is 13.7 Å². The van der Waals surface area contributed by atoms with Gasteiger partial charge in [0.2, 0.25) is 0 Å². The lowest BCUT2D eigenvalue weighted by molar-refractivity contribution is 0.284. The molecule has 3 atom stereocenters. The van der Waals surface area contributed by atoms with Crippen LogP contribution in [0.25, 0.3) is 0 Å². The van der Waals surface area contributed by atoms with E-state index in [1.807, 2.05) is 0 Å². The Morgan fingerprint density at radius 3 is 2.25 bits per heavy atom. The maximum absolute atomic E-state index is 10.5. The van der Waals surface area contributed by atoms with Crippen molar-refractivity contribution in [3.8, 4) is 0 Å². The fourth-order valence-corrected chi connectivity index (χ4v) is 2.54. The maximum atomic E-state index is 10.5. The Morgan fingerprint density at radius 1 is 1.42 bits per heavy atom. The first-order chi connectivity index (χ1) is 5.37. The zero-order valence-electron chi connectivity index (χ0n) is 5.54. The summed E-state index contributed by atoms with van der Waals surface area (Å²) in [4.78, 5) is 16.5. The summed E-state index contributed by atoms with van der Waals surface area (Å²) < 4.78 is 40.8. The average Bonchev–Trinajstić information content (AvgIpc) is 1.83. The van der Waals surface area contributed by atoms with Crippen molar-refractivity contribution in [2.24, 2.45) is 4.76 Å². The van der Waals surface area contributed by atoms with Gasteiger partial charge in [-0.2, -0.15) is 0 Å². The maximum Gasteiger partial charge on any atom is 0.486 e. The van der Waals surface area contributed by atoms with Crippen LogP contribution in [-0.4, -0.2) is 16.5 Å². The number of hydrogen-bond acceptors (Lipinski definition) is 5. The van der Waals surface area contributed by atoms with Crippen LogP contribution in [0.1, 0.15) is 0 Å². The molecule has 12 heavy (non-hydrogen) atoms. The van der Waals surface area contributed by atoms with Crippen molar-refractivity contribution < 1.29 is 32.1 Å². The molecule has 0 heterocycles. The molecule has 0 aromatic heterocycles. The Hall–Kier alpha value is 0.200. The van der Waals surface area contributed by atoms with Crippen molar-refractivity contribution in [1.82, 2.24) is 0 Å². The zero-order chi connectivity index (χ0) is 9.78. The van der Waals surface area contributed by atoms with Gasteiger partial charge >= 0.3 is 24.3 Å². The summed E-state index contributed by atoms with van der Waals surface area (Å²) in [6.07, 6.45) is 0. The summed E-state index contributed by atoms with van der Waals surface area (Å²) >= 11 is 0. The van der Waals surface area contributed by atoms with Crippen LogP contribution in [0.15, 0.2) is 4.76 Å². The Kier molecular flexibility index (Phi) is 5.13. The third-order valence-electron chi connectivity index (χ3n) is 0.516. The molecule has 0 aliphatic carbocycles. The van der Waals surface area contributed by atoms with E-state index < -0.39 is 24.3 Å². The minimum Gasteiger partial charge on any atom is -0.326 e. The first-order valence-electron chi connectivity index (χ1n) is 2.33. The van der Waals surface area contributed by atoms with Crippen molar-refractivity contribution >= 4 is 31.0 Å². The number of rotatable bonds is 5. The van der Waals surface area contributed by atoms with Gasteiger partial charge in [0.15, 0.2) is 0 Å². The van der Waals surface area contributed by atoms with Crippen molar-refractivity contribution in [1.29, 1.82) is 0 Å². The molecule has 0 spiro atoms. The number of hydrogen-bond donors (Lipinski definition) is 2. The first-order valence-corrected chi connectivity index (χ1v) is 6.35. The predicted octanol–water partition coefficient (Wildman–Crippen LogP) is 0.592. The standard InChI is InChI=1S/CH6NO7P3/c1-2-10(3)8-12(6,7)9-11(4)5/h10-11H,1H2,(H,4,5)(H,6,7). The summed E-state index contributed by atoms with van der Waals surface area (Å²) in [7, 11) is -11.5. The highest BCUT2D eigenvalue weighted by atomic mass is 31.3. The van der Waals surface area contributed by atoms with Crippen LogP contribution >= 0.6 is 24.3 Å². The van der Waals surface area contributed by atoms with E-state index in [0.29, 0.717) is 0 Å². The molecule has 11 heteroatoms. The second-order valence-electron chi connectivity index (χ2n) is 1.34. The van der Waals surface area contributed by atoms with Gasteiger partial charge in [-0.1, -0.05) is 0 Å². The van der Waals surface area contributed by atoms with Crippen molar-refractivity contribution in [2.75, 3.05) is 0 Å². The number of nitrogens with zero attached hydrogens (tertiary/aromatic N) is 1. The molecule has 0 saturated heterocycles. The quantitative estimate of drug-likeness (QED) is 0.529. The lowest BCUT2D eigenvalue weighted by Crippen LogP contribution is -1.81.